The van der Waals surface area contributed by atoms with Gasteiger partial charge in [-0.1, -0.05) is 0 Å². The van der Waals surface area contributed by atoms with Gasteiger partial charge >= 0.3 is 0 Å². The standard InChI is InChI=1S/C11H16O5/c12-5-9-3-8(1-2-16-7-14)4-10(6-13)11(9)15/h3-4,12-15H,1-2,5-7H2. The molecule has 16 heavy (non-hydrogen) atoms. The molecule has 90 valence electrons. The van der Waals surface area contributed by atoms with Crippen molar-refractivity contribution in [3.05, 3.63) is 28.8 Å². The fraction of sp³-hybridized carbons (Fsp3) is 0.455. The number of aliphatic hydroxyl groups excluding tert-OH is 3. The predicted molar refractivity (Wildman–Crippen MR) is 56.7 cm³/mol. The van der Waals surface area contributed by atoms with Gasteiger partial charge in [-0.2, -0.15) is 0 Å². The van der Waals surface area contributed by atoms with Crippen LogP contribution in [0.2, 0.25) is 0 Å². The maximum absolute atomic E-state index is 9.59. The lowest BCUT2D eigenvalue weighted by Crippen LogP contribution is -2.01. The minimum Gasteiger partial charge on any atom is -0.507 e. The molecule has 0 aromatic heterocycles. The van der Waals surface area contributed by atoms with E-state index in [1.807, 2.05) is 0 Å². The Morgan fingerprint density at radius 1 is 1.00 bits per heavy atom. The topological polar surface area (TPSA) is 90.2 Å². The summed E-state index contributed by atoms with van der Waals surface area (Å²) in [5.41, 5.74) is 1.59. The second-order valence-corrected chi connectivity index (χ2v) is 3.37. The number of hydrogen-bond acceptors (Lipinski definition) is 5. The molecule has 0 aliphatic rings. The predicted octanol–water partition coefficient (Wildman–Crippen LogP) is -0.114. The zero-order chi connectivity index (χ0) is 12.0. The van der Waals surface area contributed by atoms with Crippen LogP contribution >= 0.6 is 0 Å². The third-order valence-corrected chi connectivity index (χ3v) is 2.29. The highest BCUT2D eigenvalue weighted by atomic mass is 16.6. The van der Waals surface area contributed by atoms with E-state index in [1.54, 1.807) is 12.1 Å². The van der Waals surface area contributed by atoms with Gasteiger partial charge in [0, 0.05) is 11.1 Å². The molecule has 0 spiro atoms. The Bertz CT molecular complexity index is 312. The minimum atomic E-state index is -0.336. The number of hydrogen-bond donors (Lipinski definition) is 4. The molecular weight excluding hydrogens is 212 g/mol. The minimum absolute atomic E-state index is 0.0724. The van der Waals surface area contributed by atoms with Crippen molar-refractivity contribution in [3.8, 4) is 5.75 Å². The van der Waals surface area contributed by atoms with E-state index in [2.05, 4.69) is 0 Å². The Kier molecular flexibility index (Phi) is 5.21. The summed E-state index contributed by atoms with van der Waals surface area (Å²) in [4.78, 5) is 0. The average molecular weight is 228 g/mol. The van der Waals surface area contributed by atoms with E-state index in [0.29, 0.717) is 24.2 Å². The molecular formula is C11H16O5. The quantitative estimate of drug-likeness (QED) is 0.403. The molecule has 0 aliphatic carbocycles. The van der Waals surface area contributed by atoms with Crippen molar-refractivity contribution < 1.29 is 25.2 Å². The maximum atomic E-state index is 9.59. The fourth-order valence-corrected chi connectivity index (χ4v) is 1.47. The first kappa shape index (κ1) is 12.9. The van der Waals surface area contributed by atoms with Gasteiger partial charge in [0.2, 0.25) is 0 Å². The van der Waals surface area contributed by atoms with Crippen LogP contribution in [0.25, 0.3) is 0 Å². The molecule has 5 heteroatoms. The van der Waals surface area contributed by atoms with Gasteiger partial charge in [-0.15, -0.1) is 0 Å². The van der Waals surface area contributed by atoms with Gasteiger partial charge in [0.25, 0.3) is 0 Å². The first-order valence-electron chi connectivity index (χ1n) is 4.97. The molecule has 0 saturated heterocycles. The van der Waals surface area contributed by atoms with E-state index in [-0.39, 0.29) is 25.8 Å². The van der Waals surface area contributed by atoms with Crippen LogP contribution in [0.5, 0.6) is 5.75 Å². The number of benzene rings is 1. The monoisotopic (exact) mass is 228 g/mol. The maximum Gasteiger partial charge on any atom is 0.143 e. The smallest absolute Gasteiger partial charge is 0.143 e. The zero-order valence-corrected chi connectivity index (χ0v) is 8.89. The van der Waals surface area contributed by atoms with Crippen LogP contribution in [0.3, 0.4) is 0 Å². The van der Waals surface area contributed by atoms with E-state index in [1.165, 1.54) is 0 Å². The van der Waals surface area contributed by atoms with E-state index in [9.17, 15) is 5.11 Å². The third-order valence-electron chi connectivity index (χ3n) is 2.29. The summed E-state index contributed by atoms with van der Waals surface area (Å²) in [5, 5.41) is 36.1. The molecule has 0 saturated carbocycles. The summed E-state index contributed by atoms with van der Waals surface area (Å²) in [5.74, 6) is -0.0724. The van der Waals surface area contributed by atoms with Gasteiger partial charge in [0.05, 0.1) is 19.8 Å². The largest absolute Gasteiger partial charge is 0.507 e. The van der Waals surface area contributed by atoms with Crippen LogP contribution in [0.15, 0.2) is 12.1 Å². The highest BCUT2D eigenvalue weighted by molar-refractivity contribution is 5.43. The summed E-state index contributed by atoms with van der Waals surface area (Å²) in [6.07, 6.45) is 0.542. The summed E-state index contributed by atoms with van der Waals surface area (Å²) in [6, 6.07) is 3.30. The molecule has 0 heterocycles. The molecule has 4 N–H and O–H groups in total. The number of ether oxygens (including phenoxy) is 1. The van der Waals surface area contributed by atoms with Gasteiger partial charge in [0.1, 0.15) is 12.5 Å². The van der Waals surface area contributed by atoms with Crippen molar-refractivity contribution in [2.24, 2.45) is 0 Å². The molecule has 0 atom stereocenters. The Morgan fingerprint density at radius 3 is 2.00 bits per heavy atom. The van der Waals surface area contributed by atoms with Crippen molar-refractivity contribution in [3.63, 3.8) is 0 Å². The van der Waals surface area contributed by atoms with Crippen molar-refractivity contribution in [1.29, 1.82) is 0 Å². The Hall–Kier alpha value is -1.14. The van der Waals surface area contributed by atoms with Gasteiger partial charge in [0.15, 0.2) is 0 Å². The lowest BCUT2D eigenvalue weighted by molar-refractivity contribution is 0.000244. The molecule has 1 aromatic carbocycles. The number of phenols is 1. The molecule has 1 aromatic rings. The number of aromatic hydroxyl groups is 1. The molecule has 1 rings (SSSR count). The highest BCUT2D eigenvalue weighted by Gasteiger charge is 2.08. The summed E-state index contributed by atoms with van der Waals surface area (Å²) in [6.45, 7) is -0.560. The number of rotatable bonds is 6. The van der Waals surface area contributed by atoms with Crippen LogP contribution in [-0.4, -0.2) is 33.8 Å². The summed E-state index contributed by atoms with van der Waals surface area (Å²) < 4.78 is 4.78. The van der Waals surface area contributed by atoms with E-state index < -0.39 is 0 Å². The average Bonchev–Trinajstić information content (AvgIpc) is 2.31. The Labute approximate surface area is 93.5 Å². The van der Waals surface area contributed by atoms with Gasteiger partial charge in [-0.25, -0.2) is 0 Å². The fourth-order valence-electron chi connectivity index (χ4n) is 1.47. The van der Waals surface area contributed by atoms with E-state index >= 15 is 0 Å². The third kappa shape index (κ3) is 3.18. The van der Waals surface area contributed by atoms with E-state index in [4.69, 9.17) is 20.1 Å². The highest BCUT2D eigenvalue weighted by Crippen LogP contribution is 2.25. The molecule has 0 aliphatic heterocycles. The molecule has 0 bridgehead atoms. The van der Waals surface area contributed by atoms with Gasteiger partial charge in [-0.05, 0) is 24.1 Å². The van der Waals surface area contributed by atoms with Crippen LogP contribution in [-0.2, 0) is 24.4 Å². The normalized spacial score (nSPS) is 10.7. The van der Waals surface area contributed by atoms with Crippen molar-refractivity contribution in [2.45, 2.75) is 19.6 Å². The van der Waals surface area contributed by atoms with Gasteiger partial charge < -0.3 is 25.2 Å². The SMILES string of the molecule is OCOCCc1cc(CO)c(O)c(CO)c1. The molecule has 0 unspecified atom stereocenters. The molecule has 5 nitrogen and oxygen atoms in total. The van der Waals surface area contributed by atoms with Crippen LogP contribution in [0, 0.1) is 0 Å². The first-order valence-corrected chi connectivity index (χ1v) is 4.97. The van der Waals surface area contributed by atoms with Gasteiger partial charge in [-0.3, -0.25) is 0 Å². The lowest BCUT2D eigenvalue weighted by atomic mass is 10.0. The zero-order valence-electron chi connectivity index (χ0n) is 8.89. The van der Waals surface area contributed by atoms with Crippen LogP contribution < -0.4 is 0 Å². The Balaban J connectivity index is 2.84. The Morgan fingerprint density at radius 2 is 1.56 bits per heavy atom. The van der Waals surface area contributed by atoms with Crippen LogP contribution in [0.4, 0.5) is 0 Å². The molecule has 0 amide bonds. The van der Waals surface area contributed by atoms with Crippen molar-refractivity contribution in [2.75, 3.05) is 13.4 Å². The van der Waals surface area contributed by atoms with Crippen molar-refractivity contribution >= 4 is 0 Å². The summed E-state index contributed by atoms with van der Waals surface area (Å²) >= 11 is 0. The van der Waals surface area contributed by atoms with Crippen molar-refractivity contribution in [1.82, 2.24) is 0 Å². The molecule has 0 radical (unpaired) electrons. The lowest BCUT2D eigenvalue weighted by Gasteiger charge is -2.10. The molecule has 0 fully saturated rings. The van der Waals surface area contributed by atoms with Crippen LogP contribution in [0.1, 0.15) is 16.7 Å². The number of aliphatic hydroxyl groups is 3. The second kappa shape index (κ2) is 6.44. The van der Waals surface area contributed by atoms with E-state index in [0.717, 1.165) is 5.56 Å². The first-order chi connectivity index (χ1) is 7.72. The summed E-state index contributed by atoms with van der Waals surface area (Å²) in [7, 11) is 0. The second-order valence-electron chi connectivity index (χ2n) is 3.37.